The van der Waals surface area contributed by atoms with Crippen LogP contribution in [0.1, 0.15) is 25.7 Å². The molecular weight excluding hydrogens is 212 g/mol. The average molecular weight is 233 g/mol. The van der Waals surface area contributed by atoms with E-state index in [9.17, 15) is 8.78 Å². The summed E-state index contributed by atoms with van der Waals surface area (Å²) in [5.74, 6) is 0. The molecule has 2 heterocycles. The Morgan fingerprint density at radius 1 is 1.31 bits per heavy atom. The molecule has 3 N–H and O–H groups in total. The summed E-state index contributed by atoms with van der Waals surface area (Å²) in [7, 11) is 0. The normalized spacial score (nSPS) is 34.5. The number of rotatable bonds is 2. The van der Waals surface area contributed by atoms with Crippen LogP contribution in [0.3, 0.4) is 0 Å². The first kappa shape index (κ1) is 12.2. The third-order valence-corrected chi connectivity index (χ3v) is 3.84. The van der Waals surface area contributed by atoms with E-state index in [0.717, 1.165) is 38.9 Å². The van der Waals surface area contributed by atoms with Crippen molar-refractivity contribution in [2.24, 2.45) is 5.73 Å². The molecule has 2 rings (SSSR count). The first-order valence-corrected chi connectivity index (χ1v) is 6.14. The van der Waals surface area contributed by atoms with E-state index in [-0.39, 0.29) is 0 Å². The molecule has 1 unspecified atom stereocenters. The van der Waals surface area contributed by atoms with E-state index in [4.69, 9.17) is 5.73 Å². The van der Waals surface area contributed by atoms with Crippen LogP contribution in [0.4, 0.5) is 8.78 Å². The van der Waals surface area contributed by atoms with Gasteiger partial charge in [-0.1, -0.05) is 0 Å². The molecule has 94 valence electrons. The van der Waals surface area contributed by atoms with E-state index in [1.165, 1.54) is 0 Å². The monoisotopic (exact) mass is 233 g/mol. The second kappa shape index (κ2) is 4.94. The Bertz CT molecular complexity index is 231. The SMILES string of the molecule is NC1(C(F)F)CCCN(C2CCNCC2)C1. The second-order valence-corrected chi connectivity index (χ2v) is 5.09. The topological polar surface area (TPSA) is 41.3 Å². The fraction of sp³-hybridized carbons (Fsp3) is 1.00. The van der Waals surface area contributed by atoms with Gasteiger partial charge in [-0.3, -0.25) is 4.90 Å². The zero-order chi connectivity index (χ0) is 11.6. The number of likely N-dealkylation sites (tertiary alicyclic amines) is 1. The molecule has 0 spiro atoms. The molecular formula is C11H21F2N3. The zero-order valence-electron chi connectivity index (χ0n) is 9.59. The lowest BCUT2D eigenvalue weighted by Gasteiger charge is -2.44. The van der Waals surface area contributed by atoms with Crippen LogP contribution < -0.4 is 11.1 Å². The van der Waals surface area contributed by atoms with Crippen molar-refractivity contribution < 1.29 is 8.78 Å². The van der Waals surface area contributed by atoms with Crippen LogP contribution in [0.5, 0.6) is 0 Å². The number of piperidine rings is 2. The van der Waals surface area contributed by atoms with Gasteiger partial charge < -0.3 is 11.1 Å². The molecule has 0 bridgehead atoms. The first-order valence-electron chi connectivity index (χ1n) is 6.14. The Kier molecular flexibility index (Phi) is 3.77. The molecule has 0 aromatic heterocycles. The number of nitrogens with two attached hydrogens (primary N) is 1. The lowest BCUT2D eigenvalue weighted by molar-refractivity contribution is -0.0115. The quantitative estimate of drug-likeness (QED) is 0.741. The van der Waals surface area contributed by atoms with Crippen molar-refractivity contribution in [2.75, 3.05) is 26.2 Å². The van der Waals surface area contributed by atoms with Crippen molar-refractivity contribution in [2.45, 2.75) is 43.7 Å². The maximum atomic E-state index is 12.9. The predicted octanol–water partition coefficient (Wildman–Crippen LogP) is 0.797. The summed E-state index contributed by atoms with van der Waals surface area (Å²) in [5.41, 5.74) is 4.52. The molecule has 0 saturated carbocycles. The third-order valence-electron chi connectivity index (χ3n) is 3.84. The number of hydrogen-bond donors (Lipinski definition) is 2. The van der Waals surface area contributed by atoms with E-state index >= 15 is 0 Å². The molecule has 3 nitrogen and oxygen atoms in total. The lowest BCUT2D eigenvalue weighted by atomic mass is 9.88. The molecule has 5 heteroatoms. The van der Waals surface area contributed by atoms with E-state index < -0.39 is 12.0 Å². The highest BCUT2D eigenvalue weighted by Gasteiger charge is 2.41. The standard InChI is InChI=1S/C11H21F2N3/c12-10(13)11(14)4-1-7-16(8-11)9-2-5-15-6-3-9/h9-10,15H,1-8,14H2. The minimum atomic E-state index is -2.41. The van der Waals surface area contributed by atoms with Gasteiger partial charge in [0.15, 0.2) is 0 Å². The smallest absolute Gasteiger partial charge is 0.257 e. The van der Waals surface area contributed by atoms with Gasteiger partial charge in [0.2, 0.25) is 0 Å². The molecule has 16 heavy (non-hydrogen) atoms. The summed E-state index contributed by atoms with van der Waals surface area (Å²) in [4.78, 5) is 2.18. The summed E-state index contributed by atoms with van der Waals surface area (Å²) in [6.45, 7) is 3.27. The third kappa shape index (κ3) is 2.52. The minimum absolute atomic E-state index is 0.356. The van der Waals surface area contributed by atoms with Gasteiger partial charge in [-0.25, -0.2) is 8.78 Å². The van der Waals surface area contributed by atoms with Crippen molar-refractivity contribution in [1.29, 1.82) is 0 Å². The van der Waals surface area contributed by atoms with Gasteiger partial charge in [0.25, 0.3) is 6.43 Å². The molecule has 0 aliphatic carbocycles. The molecule has 0 amide bonds. The average Bonchev–Trinajstić information content (AvgIpc) is 2.30. The van der Waals surface area contributed by atoms with E-state index in [2.05, 4.69) is 10.2 Å². The highest BCUT2D eigenvalue weighted by molar-refractivity contribution is 4.96. The maximum Gasteiger partial charge on any atom is 0.257 e. The molecule has 1 atom stereocenters. The fourth-order valence-corrected chi connectivity index (χ4v) is 2.81. The molecule has 2 aliphatic heterocycles. The van der Waals surface area contributed by atoms with Crippen molar-refractivity contribution >= 4 is 0 Å². The predicted molar refractivity (Wildman–Crippen MR) is 59.6 cm³/mol. The van der Waals surface area contributed by atoms with Gasteiger partial charge >= 0.3 is 0 Å². The van der Waals surface area contributed by atoms with E-state index in [0.29, 0.717) is 19.0 Å². The Morgan fingerprint density at radius 3 is 2.62 bits per heavy atom. The van der Waals surface area contributed by atoms with Crippen LogP contribution >= 0.6 is 0 Å². The van der Waals surface area contributed by atoms with Gasteiger partial charge in [-0.15, -0.1) is 0 Å². The Balaban J connectivity index is 1.95. The summed E-state index contributed by atoms with van der Waals surface area (Å²) in [5, 5.41) is 3.29. The van der Waals surface area contributed by atoms with Crippen LogP contribution in [-0.2, 0) is 0 Å². The fourth-order valence-electron chi connectivity index (χ4n) is 2.81. The Labute approximate surface area is 95.4 Å². The summed E-state index contributed by atoms with van der Waals surface area (Å²) >= 11 is 0. The van der Waals surface area contributed by atoms with Gasteiger partial charge in [-0.2, -0.15) is 0 Å². The lowest BCUT2D eigenvalue weighted by Crippen LogP contribution is -2.61. The number of hydrogen-bond acceptors (Lipinski definition) is 3. The number of nitrogens with zero attached hydrogens (tertiary/aromatic N) is 1. The van der Waals surface area contributed by atoms with Gasteiger partial charge in [0.1, 0.15) is 0 Å². The van der Waals surface area contributed by atoms with E-state index in [1.807, 2.05) is 0 Å². The van der Waals surface area contributed by atoms with Crippen LogP contribution in [0, 0.1) is 0 Å². The van der Waals surface area contributed by atoms with Gasteiger partial charge in [-0.05, 0) is 45.3 Å². The van der Waals surface area contributed by atoms with Crippen molar-refractivity contribution in [3.8, 4) is 0 Å². The number of halogens is 2. The number of nitrogens with one attached hydrogen (secondary N) is 1. The molecule has 0 aromatic rings. The first-order chi connectivity index (χ1) is 7.62. The number of alkyl halides is 2. The Morgan fingerprint density at radius 2 is 2.00 bits per heavy atom. The summed E-state index contributed by atoms with van der Waals surface area (Å²) in [6, 6.07) is 0.447. The second-order valence-electron chi connectivity index (χ2n) is 5.09. The molecule has 2 aliphatic rings. The molecule has 0 radical (unpaired) electrons. The van der Waals surface area contributed by atoms with Crippen molar-refractivity contribution in [3.63, 3.8) is 0 Å². The minimum Gasteiger partial charge on any atom is -0.319 e. The Hall–Kier alpha value is -0.260. The highest BCUT2D eigenvalue weighted by atomic mass is 19.3. The molecule has 2 fully saturated rings. The van der Waals surface area contributed by atoms with Gasteiger partial charge in [0.05, 0.1) is 5.54 Å². The van der Waals surface area contributed by atoms with Crippen LogP contribution in [-0.4, -0.2) is 49.1 Å². The molecule has 0 aromatic carbocycles. The van der Waals surface area contributed by atoms with Crippen molar-refractivity contribution in [3.05, 3.63) is 0 Å². The zero-order valence-corrected chi connectivity index (χ0v) is 9.59. The van der Waals surface area contributed by atoms with Gasteiger partial charge in [0, 0.05) is 12.6 Å². The van der Waals surface area contributed by atoms with E-state index in [1.54, 1.807) is 0 Å². The summed E-state index contributed by atoms with van der Waals surface area (Å²) < 4.78 is 25.8. The van der Waals surface area contributed by atoms with Crippen LogP contribution in [0.2, 0.25) is 0 Å². The van der Waals surface area contributed by atoms with Crippen LogP contribution in [0.25, 0.3) is 0 Å². The molecule has 2 saturated heterocycles. The van der Waals surface area contributed by atoms with Crippen molar-refractivity contribution in [1.82, 2.24) is 10.2 Å². The highest BCUT2D eigenvalue weighted by Crippen LogP contribution is 2.27. The summed E-state index contributed by atoms with van der Waals surface area (Å²) in [6.07, 6.45) is 0.951. The maximum absolute atomic E-state index is 12.9. The largest absolute Gasteiger partial charge is 0.319 e. The van der Waals surface area contributed by atoms with Crippen LogP contribution in [0.15, 0.2) is 0 Å².